The lowest BCUT2D eigenvalue weighted by molar-refractivity contribution is 0.110. The van der Waals surface area contributed by atoms with Gasteiger partial charge in [0, 0.05) is 31.1 Å². The average Bonchev–Trinajstić information content (AvgIpc) is 2.45. The Balaban J connectivity index is 2.29. The summed E-state index contributed by atoms with van der Waals surface area (Å²) in [7, 11) is 3.30. The molecule has 1 heterocycles. The van der Waals surface area contributed by atoms with E-state index in [0.29, 0.717) is 0 Å². The van der Waals surface area contributed by atoms with E-state index < -0.39 is 0 Å². The average molecular weight is 280 g/mol. The van der Waals surface area contributed by atoms with Crippen molar-refractivity contribution in [3.8, 4) is 11.5 Å². The van der Waals surface area contributed by atoms with Crippen LogP contribution in [-0.2, 0) is 0 Å². The fourth-order valence-corrected chi connectivity index (χ4v) is 2.77. The van der Waals surface area contributed by atoms with Crippen molar-refractivity contribution in [3.63, 3.8) is 0 Å². The van der Waals surface area contributed by atoms with E-state index in [0.717, 1.165) is 36.7 Å². The summed E-state index contributed by atoms with van der Waals surface area (Å²) in [6.45, 7) is 3.35. The van der Waals surface area contributed by atoms with Crippen molar-refractivity contribution in [2.75, 3.05) is 32.2 Å². The number of nitrogens with zero attached hydrogens (tertiary/aromatic N) is 1. The molecule has 1 saturated heterocycles. The highest BCUT2D eigenvalue weighted by Crippen LogP contribution is 2.35. The van der Waals surface area contributed by atoms with Gasteiger partial charge in [-0.2, -0.15) is 0 Å². The van der Waals surface area contributed by atoms with E-state index in [1.807, 2.05) is 25.1 Å². The zero-order valence-corrected chi connectivity index (χ0v) is 12.4. The standard InChI is InChI=1S/C15H24N2O3/c1-10(18)11-6-12(16)9-17(8-11)14-7-13(19-2)4-5-15(14)20-3/h4-5,7,10-12,18H,6,8-9,16H2,1-3H3. The summed E-state index contributed by atoms with van der Waals surface area (Å²) in [6.07, 6.45) is 0.487. The molecule has 0 aliphatic carbocycles. The molecule has 3 unspecified atom stereocenters. The van der Waals surface area contributed by atoms with Crippen LogP contribution in [0.25, 0.3) is 0 Å². The van der Waals surface area contributed by atoms with Crippen molar-refractivity contribution >= 4 is 5.69 Å². The summed E-state index contributed by atoms with van der Waals surface area (Å²) in [6, 6.07) is 5.78. The van der Waals surface area contributed by atoms with Crippen molar-refractivity contribution in [2.24, 2.45) is 11.7 Å². The van der Waals surface area contributed by atoms with Gasteiger partial charge in [-0.25, -0.2) is 0 Å². The number of aliphatic hydroxyl groups is 1. The highest BCUT2D eigenvalue weighted by molar-refractivity contribution is 5.62. The normalized spacial score (nSPS) is 24.4. The first kappa shape index (κ1) is 14.9. The predicted molar refractivity (Wildman–Crippen MR) is 79.5 cm³/mol. The molecular weight excluding hydrogens is 256 g/mol. The van der Waals surface area contributed by atoms with Crippen LogP contribution in [0.4, 0.5) is 5.69 Å². The molecule has 0 spiro atoms. The quantitative estimate of drug-likeness (QED) is 0.868. The van der Waals surface area contributed by atoms with Crippen LogP contribution in [0.15, 0.2) is 18.2 Å². The van der Waals surface area contributed by atoms with Crippen molar-refractivity contribution in [1.29, 1.82) is 0 Å². The maximum Gasteiger partial charge on any atom is 0.142 e. The number of rotatable bonds is 4. The molecule has 5 heteroatoms. The van der Waals surface area contributed by atoms with Gasteiger partial charge in [-0.1, -0.05) is 0 Å². The number of methoxy groups -OCH3 is 2. The van der Waals surface area contributed by atoms with Crippen LogP contribution in [0.1, 0.15) is 13.3 Å². The molecule has 0 amide bonds. The van der Waals surface area contributed by atoms with Gasteiger partial charge in [-0.15, -0.1) is 0 Å². The van der Waals surface area contributed by atoms with Gasteiger partial charge in [-0.3, -0.25) is 0 Å². The molecule has 1 aromatic rings. The number of nitrogens with two attached hydrogens (primary N) is 1. The lowest BCUT2D eigenvalue weighted by atomic mass is 9.90. The van der Waals surface area contributed by atoms with E-state index in [1.54, 1.807) is 14.2 Å². The van der Waals surface area contributed by atoms with E-state index in [1.165, 1.54) is 0 Å². The van der Waals surface area contributed by atoms with Gasteiger partial charge in [0.25, 0.3) is 0 Å². The fourth-order valence-electron chi connectivity index (χ4n) is 2.77. The monoisotopic (exact) mass is 280 g/mol. The van der Waals surface area contributed by atoms with Crippen molar-refractivity contribution in [2.45, 2.75) is 25.5 Å². The Morgan fingerprint density at radius 3 is 2.65 bits per heavy atom. The van der Waals surface area contributed by atoms with Gasteiger partial charge < -0.3 is 25.2 Å². The fraction of sp³-hybridized carbons (Fsp3) is 0.600. The van der Waals surface area contributed by atoms with E-state index in [-0.39, 0.29) is 18.1 Å². The Kier molecular flexibility index (Phi) is 4.73. The van der Waals surface area contributed by atoms with Crippen molar-refractivity contribution in [3.05, 3.63) is 18.2 Å². The lowest BCUT2D eigenvalue weighted by Crippen LogP contribution is -2.49. The third-order valence-corrected chi connectivity index (χ3v) is 3.92. The predicted octanol–water partition coefficient (Wildman–Crippen LogP) is 1.24. The van der Waals surface area contributed by atoms with Gasteiger partial charge in [0.15, 0.2) is 0 Å². The Morgan fingerprint density at radius 2 is 2.05 bits per heavy atom. The van der Waals surface area contributed by atoms with Gasteiger partial charge in [-0.05, 0) is 25.5 Å². The second-order valence-electron chi connectivity index (χ2n) is 5.44. The van der Waals surface area contributed by atoms with Crippen molar-refractivity contribution < 1.29 is 14.6 Å². The van der Waals surface area contributed by atoms with Crippen LogP contribution < -0.4 is 20.1 Å². The number of hydrogen-bond donors (Lipinski definition) is 2. The first-order valence-corrected chi connectivity index (χ1v) is 6.95. The second-order valence-corrected chi connectivity index (χ2v) is 5.44. The van der Waals surface area contributed by atoms with Crippen LogP contribution in [0, 0.1) is 5.92 Å². The molecule has 0 radical (unpaired) electrons. The summed E-state index contributed by atoms with van der Waals surface area (Å²) < 4.78 is 10.7. The minimum Gasteiger partial charge on any atom is -0.497 e. The molecular formula is C15H24N2O3. The molecule has 0 aromatic heterocycles. The number of anilines is 1. The Morgan fingerprint density at radius 1 is 1.30 bits per heavy atom. The summed E-state index contributed by atoms with van der Waals surface area (Å²) >= 11 is 0. The SMILES string of the molecule is COc1ccc(OC)c(N2CC(N)CC(C(C)O)C2)c1. The van der Waals surface area contributed by atoms with Gasteiger partial charge in [0.2, 0.25) is 0 Å². The van der Waals surface area contributed by atoms with E-state index in [9.17, 15) is 5.11 Å². The number of piperidine rings is 1. The molecule has 1 aromatic carbocycles. The van der Waals surface area contributed by atoms with Gasteiger partial charge in [0.1, 0.15) is 11.5 Å². The topological polar surface area (TPSA) is 68.0 Å². The minimum absolute atomic E-state index is 0.0549. The molecule has 3 atom stereocenters. The minimum atomic E-state index is -0.361. The molecule has 1 aliphatic rings. The van der Waals surface area contributed by atoms with Crippen LogP contribution >= 0.6 is 0 Å². The summed E-state index contributed by atoms with van der Waals surface area (Å²) in [5.74, 6) is 1.76. The first-order valence-electron chi connectivity index (χ1n) is 6.95. The summed E-state index contributed by atoms with van der Waals surface area (Å²) in [5.41, 5.74) is 7.09. The zero-order chi connectivity index (χ0) is 14.7. The summed E-state index contributed by atoms with van der Waals surface area (Å²) in [4.78, 5) is 2.17. The number of ether oxygens (including phenoxy) is 2. The third-order valence-electron chi connectivity index (χ3n) is 3.92. The first-order chi connectivity index (χ1) is 9.55. The summed E-state index contributed by atoms with van der Waals surface area (Å²) in [5, 5.41) is 9.85. The Hall–Kier alpha value is -1.46. The number of benzene rings is 1. The largest absolute Gasteiger partial charge is 0.497 e. The van der Waals surface area contributed by atoms with Crippen LogP contribution in [0.2, 0.25) is 0 Å². The molecule has 20 heavy (non-hydrogen) atoms. The van der Waals surface area contributed by atoms with Crippen LogP contribution in [0.5, 0.6) is 11.5 Å². The van der Waals surface area contributed by atoms with Crippen LogP contribution in [0.3, 0.4) is 0 Å². The maximum absolute atomic E-state index is 9.85. The molecule has 0 saturated carbocycles. The maximum atomic E-state index is 9.85. The van der Waals surface area contributed by atoms with Gasteiger partial charge in [0.05, 0.1) is 26.0 Å². The number of hydrogen-bond acceptors (Lipinski definition) is 5. The van der Waals surface area contributed by atoms with E-state index >= 15 is 0 Å². The molecule has 1 fully saturated rings. The highest BCUT2D eigenvalue weighted by atomic mass is 16.5. The number of aliphatic hydroxyl groups excluding tert-OH is 1. The molecule has 5 nitrogen and oxygen atoms in total. The molecule has 1 aliphatic heterocycles. The Labute approximate surface area is 120 Å². The molecule has 0 bridgehead atoms. The van der Waals surface area contributed by atoms with Crippen LogP contribution in [-0.4, -0.2) is 44.6 Å². The lowest BCUT2D eigenvalue weighted by Gasteiger charge is -2.39. The van der Waals surface area contributed by atoms with E-state index in [2.05, 4.69) is 4.90 Å². The second kappa shape index (κ2) is 6.33. The molecule has 3 N–H and O–H groups in total. The van der Waals surface area contributed by atoms with Gasteiger partial charge >= 0.3 is 0 Å². The van der Waals surface area contributed by atoms with Crippen molar-refractivity contribution in [1.82, 2.24) is 0 Å². The zero-order valence-electron chi connectivity index (χ0n) is 12.4. The smallest absolute Gasteiger partial charge is 0.142 e. The molecule has 2 rings (SSSR count). The van der Waals surface area contributed by atoms with E-state index in [4.69, 9.17) is 15.2 Å². The third kappa shape index (κ3) is 3.16. The molecule has 112 valence electrons. The highest BCUT2D eigenvalue weighted by Gasteiger charge is 2.29. The Bertz CT molecular complexity index is 451.